The number of rotatable bonds is 7. The van der Waals surface area contributed by atoms with E-state index in [9.17, 15) is 22.4 Å². The second-order valence-corrected chi connectivity index (χ2v) is 7.25. The van der Waals surface area contributed by atoms with Crippen LogP contribution in [0.3, 0.4) is 0 Å². The van der Waals surface area contributed by atoms with Gasteiger partial charge in [0.2, 0.25) is 5.89 Å². The number of pyridine rings is 2. The molecule has 1 N–H and O–H groups in total. The molecule has 0 spiro atoms. The molecule has 4 aromatic heterocycles. The van der Waals surface area contributed by atoms with Crippen molar-refractivity contribution in [2.45, 2.75) is 19.3 Å². The van der Waals surface area contributed by atoms with E-state index in [2.05, 4.69) is 30.4 Å². The van der Waals surface area contributed by atoms with Crippen LogP contribution in [0, 0.1) is 0 Å². The smallest absolute Gasteiger partial charge is 0.315 e. The highest BCUT2D eigenvalue weighted by molar-refractivity contribution is 7.14. The number of alkyl halides is 4. The van der Waals surface area contributed by atoms with Crippen LogP contribution in [0.4, 0.5) is 23.4 Å². The van der Waals surface area contributed by atoms with Crippen molar-refractivity contribution >= 4 is 23.1 Å². The molecule has 1 amide bonds. The minimum atomic E-state index is -3.13. The first-order valence-corrected chi connectivity index (χ1v) is 9.65. The summed E-state index contributed by atoms with van der Waals surface area (Å²) in [5, 5.41) is 18.2. The molecule has 14 heteroatoms. The van der Waals surface area contributed by atoms with E-state index in [4.69, 9.17) is 4.42 Å². The van der Waals surface area contributed by atoms with Gasteiger partial charge in [0.05, 0.1) is 5.56 Å². The average Bonchev–Trinajstić information content (AvgIpc) is 3.45. The average molecular weight is 465 g/mol. The summed E-state index contributed by atoms with van der Waals surface area (Å²) in [7, 11) is 0. The lowest BCUT2D eigenvalue weighted by Gasteiger charge is -2.03. The normalized spacial score (nSPS) is 11.3. The molecule has 0 bridgehead atoms. The number of hydrogen-bond donors (Lipinski definition) is 1. The highest BCUT2D eigenvalue weighted by Gasteiger charge is 2.18. The topological polar surface area (TPSA) is 120 Å². The Balaban J connectivity index is 1.41. The summed E-state index contributed by atoms with van der Waals surface area (Å²) in [6.45, 7) is 0. The molecule has 0 unspecified atom stereocenters. The number of hydrogen-bond acceptors (Lipinski definition) is 9. The molecule has 0 fully saturated rings. The predicted molar refractivity (Wildman–Crippen MR) is 103 cm³/mol. The van der Waals surface area contributed by atoms with Crippen molar-refractivity contribution in [1.82, 2.24) is 30.4 Å². The Morgan fingerprint density at radius 3 is 2.38 bits per heavy atom. The third-order valence-corrected chi connectivity index (χ3v) is 4.93. The Kier molecular flexibility index (Phi) is 6.11. The predicted octanol–water partition coefficient (Wildman–Crippen LogP) is 3.78. The molecular weight excluding hydrogens is 454 g/mol. The van der Waals surface area contributed by atoms with Gasteiger partial charge in [-0.1, -0.05) is 11.3 Å². The van der Waals surface area contributed by atoms with Gasteiger partial charge in [0, 0.05) is 30.1 Å². The number of carbonyl (C=O) groups is 1. The summed E-state index contributed by atoms with van der Waals surface area (Å²) in [6, 6.07) is 6.24. The fraction of sp³-hybridized carbons (Fsp3) is 0.167. The first kappa shape index (κ1) is 21.4. The van der Waals surface area contributed by atoms with E-state index >= 15 is 0 Å². The Morgan fingerprint density at radius 2 is 1.75 bits per heavy atom. The molecule has 0 radical (unpaired) electrons. The zero-order valence-electron chi connectivity index (χ0n) is 15.7. The van der Waals surface area contributed by atoms with Gasteiger partial charge in [0.25, 0.3) is 11.8 Å². The van der Waals surface area contributed by atoms with Crippen molar-refractivity contribution in [2.24, 2.45) is 0 Å². The lowest BCUT2D eigenvalue weighted by atomic mass is 10.2. The van der Waals surface area contributed by atoms with Gasteiger partial charge in [0.1, 0.15) is 15.8 Å². The largest absolute Gasteiger partial charge is 0.415 e. The van der Waals surface area contributed by atoms with Crippen LogP contribution >= 0.6 is 11.3 Å². The van der Waals surface area contributed by atoms with Crippen molar-refractivity contribution in [3.63, 3.8) is 0 Å². The first-order chi connectivity index (χ1) is 15.4. The van der Waals surface area contributed by atoms with Crippen molar-refractivity contribution < 1.29 is 26.8 Å². The molecule has 0 aliphatic heterocycles. The monoisotopic (exact) mass is 465 g/mol. The quantitative estimate of drug-likeness (QED) is 0.410. The van der Waals surface area contributed by atoms with Crippen molar-refractivity contribution in [1.29, 1.82) is 0 Å². The van der Waals surface area contributed by atoms with Gasteiger partial charge in [-0.25, -0.2) is 4.98 Å². The zero-order chi connectivity index (χ0) is 22.7. The summed E-state index contributed by atoms with van der Waals surface area (Å²) in [4.78, 5) is 19.2. The summed E-state index contributed by atoms with van der Waals surface area (Å²) in [6.07, 6.45) is -2.81. The van der Waals surface area contributed by atoms with Crippen LogP contribution in [0.2, 0.25) is 0 Å². The number of nitrogens with zero attached hydrogens (tertiary/aromatic N) is 6. The molecule has 32 heavy (non-hydrogen) atoms. The molecule has 164 valence electrons. The summed E-state index contributed by atoms with van der Waals surface area (Å²) in [5.41, 5.74) is 1.64. The molecule has 4 heterocycles. The fourth-order valence-corrected chi connectivity index (χ4v) is 3.31. The fourth-order valence-electron chi connectivity index (χ4n) is 2.47. The SMILES string of the molecule is O=C(Nc1ccc(-c2nnc(Cc3ccc(-c4nnc(C(F)F)o4)cn3)s2)cn1)C(F)F. The van der Waals surface area contributed by atoms with Gasteiger partial charge in [0.15, 0.2) is 0 Å². The van der Waals surface area contributed by atoms with Crippen molar-refractivity contribution in [3.8, 4) is 22.0 Å². The standard InChI is InChI=1S/C18H11F4N7O2S/c19-13(20)15(30)25-11-4-2-9(7-24-11)18-29-26-12(32-18)5-10-3-1-8(6-23-10)16-27-28-17(31-16)14(21)22/h1-4,6-7,13-14H,5H2,(H,24,25,30). The van der Waals surface area contributed by atoms with Crippen LogP contribution in [-0.2, 0) is 11.2 Å². The van der Waals surface area contributed by atoms with Gasteiger partial charge < -0.3 is 9.73 Å². The summed E-state index contributed by atoms with van der Waals surface area (Å²) >= 11 is 1.28. The Hall–Kier alpha value is -3.81. The third-order valence-electron chi connectivity index (χ3n) is 3.96. The Labute approximate surface area is 180 Å². The van der Waals surface area contributed by atoms with Crippen molar-refractivity contribution in [3.05, 3.63) is 53.3 Å². The molecular formula is C18H11F4N7O2S. The number of aromatic nitrogens is 6. The molecule has 4 aromatic rings. The maximum Gasteiger partial charge on any atom is 0.315 e. The van der Waals surface area contributed by atoms with E-state index in [0.717, 1.165) is 0 Å². The van der Waals surface area contributed by atoms with Crippen LogP contribution < -0.4 is 5.32 Å². The number of amides is 1. The second-order valence-electron chi connectivity index (χ2n) is 6.18. The molecule has 0 aliphatic carbocycles. The summed E-state index contributed by atoms with van der Waals surface area (Å²) in [5.74, 6) is -2.26. The van der Waals surface area contributed by atoms with E-state index in [-0.39, 0.29) is 11.7 Å². The molecule has 0 saturated heterocycles. The highest BCUT2D eigenvalue weighted by Crippen LogP contribution is 2.26. The molecule has 0 saturated carbocycles. The first-order valence-electron chi connectivity index (χ1n) is 8.83. The Bertz CT molecular complexity index is 1210. The lowest BCUT2D eigenvalue weighted by Crippen LogP contribution is -2.20. The number of carbonyl (C=O) groups excluding carboxylic acids is 1. The molecule has 0 atom stereocenters. The molecule has 4 rings (SSSR count). The van der Waals surface area contributed by atoms with Crippen LogP contribution in [0.5, 0.6) is 0 Å². The molecule has 0 aromatic carbocycles. The molecule has 0 aliphatic rings. The van der Waals surface area contributed by atoms with E-state index in [0.29, 0.717) is 33.3 Å². The van der Waals surface area contributed by atoms with E-state index < -0.39 is 24.6 Å². The van der Waals surface area contributed by atoms with Gasteiger partial charge in [-0.05, 0) is 24.3 Å². The zero-order valence-corrected chi connectivity index (χ0v) is 16.6. The third kappa shape index (κ3) is 4.91. The van der Waals surface area contributed by atoms with E-state index in [1.807, 2.05) is 5.32 Å². The Morgan fingerprint density at radius 1 is 0.969 bits per heavy atom. The lowest BCUT2D eigenvalue weighted by molar-refractivity contribution is -0.126. The number of anilines is 1. The minimum Gasteiger partial charge on any atom is -0.415 e. The van der Waals surface area contributed by atoms with Gasteiger partial charge in [-0.2, -0.15) is 17.6 Å². The van der Waals surface area contributed by atoms with E-state index in [1.54, 1.807) is 18.2 Å². The molecule has 9 nitrogen and oxygen atoms in total. The van der Waals surface area contributed by atoms with Crippen LogP contribution in [0.15, 0.2) is 41.1 Å². The second kappa shape index (κ2) is 9.13. The van der Waals surface area contributed by atoms with Crippen molar-refractivity contribution in [2.75, 3.05) is 5.32 Å². The van der Waals surface area contributed by atoms with Crippen LogP contribution in [0.1, 0.15) is 23.0 Å². The van der Waals surface area contributed by atoms with Crippen LogP contribution in [0.25, 0.3) is 22.0 Å². The van der Waals surface area contributed by atoms with E-state index in [1.165, 1.54) is 29.8 Å². The van der Waals surface area contributed by atoms with Gasteiger partial charge in [-0.15, -0.1) is 20.4 Å². The van der Waals surface area contributed by atoms with Gasteiger partial charge >= 0.3 is 12.9 Å². The summed E-state index contributed by atoms with van der Waals surface area (Å²) < 4.78 is 54.6. The van der Waals surface area contributed by atoms with Crippen LogP contribution in [-0.4, -0.2) is 42.7 Å². The van der Waals surface area contributed by atoms with Gasteiger partial charge in [-0.3, -0.25) is 9.78 Å². The maximum atomic E-state index is 12.6. The number of nitrogens with one attached hydrogen (secondary N) is 1. The number of halogens is 4. The maximum absolute atomic E-state index is 12.6. The minimum absolute atomic E-state index is 0.00463. The highest BCUT2D eigenvalue weighted by atomic mass is 32.1.